The van der Waals surface area contributed by atoms with E-state index in [9.17, 15) is 0 Å². The number of aromatic nitrogens is 1. The number of benzene rings is 3. The Kier molecular flexibility index (Phi) is 5.53. The summed E-state index contributed by atoms with van der Waals surface area (Å²) in [6, 6.07) is 21.4. The van der Waals surface area contributed by atoms with E-state index in [0.717, 1.165) is 17.1 Å². The van der Waals surface area contributed by atoms with Crippen LogP contribution < -0.4 is 5.32 Å². The lowest BCUT2D eigenvalue weighted by Crippen LogP contribution is -2.17. The predicted octanol–water partition coefficient (Wildman–Crippen LogP) is 5.33. The summed E-state index contributed by atoms with van der Waals surface area (Å²) in [7, 11) is 0. The summed E-state index contributed by atoms with van der Waals surface area (Å²) in [6.07, 6.45) is 0. The lowest BCUT2D eigenvalue weighted by atomic mass is 9.97. The number of aryl methyl sites for hydroxylation is 1. The van der Waals surface area contributed by atoms with Gasteiger partial charge in [0.15, 0.2) is 0 Å². The molecule has 4 rings (SSSR count). The highest BCUT2D eigenvalue weighted by atomic mass is 32.1. The van der Waals surface area contributed by atoms with E-state index in [2.05, 4.69) is 73.8 Å². The number of nitrogens with one attached hydrogen (secondary N) is 1. The monoisotopic (exact) mass is 388 g/mol. The molecule has 0 unspecified atom stereocenters. The van der Waals surface area contributed by atoms with Crippen LogP contribution in [-0.4, -0.2) is 23.2 Å². The molecule has 0 aliphatic carbocycles. The topological polar surface area (TPSA) is 45.2 Å². The largest absolute Gasteiger partial charge is 0.395 e. The zero-order valence-electron chi connectivity index (χ0n) is 16.2. The number of rotatable bonds is 6. The average molecular weight is 389 g/mol. The average Bonchev–Trinajstić information content (AvgIpc) is 3.13. The standard InChI is InChI=1S/C24H24N2OS/c1-16-13-18(15-25-11-12-27)14-22-23(16)26-24(28-22)21-10-6-9-20(17(21)2)19-7-4-3-5-8-19/h3-10,13-14,25,27H,11-12,15H2,1-2H3. The van der Waals surface area contributed by atoms with Crippen LogP contribution in [0.25, 0.3) is 31.9 Å². The van der Waals surface area contributed by atoms with Crippen molar-refractivity contribution < 1.29 is 5.11 Å². The number of aliphatic hydroxyl groups excluding tert-OH is 1. The number of thiazole rings is 1. The molecule has 0 saturated carbocycles. The van der Waals surface area contributed by atoms with Crippen molar-refractivity contribution >= 4 is 21.6 Å². The van der Waals surface area contributed by atoms with Crippen LogP contribution in [0.3, 0.4) is 0 Å². The third kappa shape index (κ3) is 3.72. The van der Waals surface area contributed by atoms with E-state index in [1.54, 1.807) is 11.3 Å². The second-order valence-corrected chi connectivity index (χ2v) is 8.05. The zero-order valence-corrected chi connectivity index (χ0v) is 17.0. The Labute approximate surface area is 169 Å². The fourth-order valence-electron chi connectivity index (χ4n) is 3.60. The molecule has 4 heteroatoms. The number of aliphatic hydroxyl groups is 1. The highest BCUT2D eigenvalue weighted by molar-refractivity contribution is 7.21. The van der Waals surface area contributed by atoms with Crippen LogP contribution in [0.2, 0.25) is 0 Å². The molecule has 2 N–H and O–H groups in total. The molecule has 142 valence electrons. The number of nitrogens with zero attached hydrogens (tertiary/aromatic N) is 1. The van der Waals surface area contributed by atoms with Gasteiger partial charge >= 0.3 is 0 Å². The maximum Gasteiger partial charge on any atom is 0.124 e. The van der Waals surface area contributed by atoms with Gasteiger partial charge in [-0.25, -0.2) is 4.98 Å². The van der Waals surface area contributed by atoms with E-state index in [1.165, 1.54) is 38.1 Å². The van der Waals surface area contributed by atoms with Crippen molar-refractivity contribution in [3.63, 3.8) is 0 Å². The molecule has 0 aliphatic heterocycles. The highest BCUT2D eigenvalue weighted by Gasteiger charge is 2.14. The van der Waals surface area contributed by atoms with Gasteiger partial charge < -0.3 is 10.4 Å². The minimum atomic E-state index is 0.156. The molecule has 0 amide bonds. The third-order valence-electron chi connectivity index (χ3n) is 5.01. The van der Waals surface area contributed by atoms with Gasteiger partial charge in [0.2, 0.25) is 0 Å². The van der Waals surface area contributed by atoms with E-state index in [1.807, 2.05) is 6.07 Å². The molecular weight excluding hydrogens is 364 g/mol. The van der Waals surface area contributed by atoms with Gasteiger partial charge in [-0.05, 0) is 47.7 Å². The smallest absolute Gasteiger partial charge is 0.124 e. The molecule has 0 saturated heterocycles. The normalized spacial score (nSPS) is 11.2. The van der Waals surface area contributed by atoms with Crippen molar-refractivity contribution in [1.29, 1.82) is 0 Å². The quantitative estimate of drug-likeness (QED) is 0.439. The minimum Gasteiger partial charge on any atom is -0.395 e. The van der Waals surface area contributed by atoms with Crippen molar-refractivity contribution in [3.8, 4) is 21.7 Å². The van der Waals surface area contributed by atoms with Crippen LogP contribution >= 0.6 is 11.3 Å². The Hall–Kier alpha value is -2.53. The van der Waals surface area contributed by atoms with E-state index in [-0.39, 0.29) is 6.61 Å². The maximum atomic E-state index is 8.96. The van der Waals surface area contributed by atoms with Crippen LogP contribution in [0.1, 0.15) is 16.7 Å². The first kappa shape index (κ1) is 18.8. The lowest BCUT2D eigenvalue weighted by molar-refractivity contribution is 0.292. The Morgan fingerprint density at radius 3 is 2.54 bits per heavy atom. The van der Waals surface area contributed by atoms with Gasteiger partial charge in [0.05, 0.1) is 16.8 Å². The molecule has 0 atom stereocenters. The van der Waals surface area contributed by atoms with Gasteiger partial charge in [-0.15, -0.1) is 11.3 Å². The van der Waals surface area contributed by atoms with Gasteiger partial charge in [0.1, 0.15) is 5.01 Å². The second-order valence-electron chi connectivity index (χ2n) is 7.02. The molecule has 0 spiro atoms. The van der Waals surface area contributed by atoms with Crippen molar-refractivity contribution in [1.82, 2.24) is 10.3 Å². The summed E-state index contributed by atoms with van der Waals surface area (Å²) < 4.78 is 1.21. The number of hydrogen-bond donors (Lipinski definition) is 2. The summed E-state index contributed by atoms with van der Waals surface area (Å²) in [4.78, 5) is 4.97. The van der Waals surface area contributed by atoms with Crippen LogP contribution in [-0.2, 0) is 6.54 Å². The van der Waals surface area contributed by atoms with Gasteiger partial charge in [-0.2, -0.15) is 0 Å². The Bertz CT molecular complexity index is 1100. The van der Waals surface area contributed by atoms with Crippen molar-refractivity contribution in [2.45, 2.75) is 20.4 Å². The maximum absolute atomic E-state index is 8.96. The first-order valence-corrected chi connectivity index (χ1v) is 10.4. The molecule has 1 heterocycles. The highest BCUT2D eigenvalue weighted by Crippen LogP contribution is 2.37. The summed E-state index contributed by atoms with van der Waals surface area (Å²) >= 11 is 1.75. The predicted molar refractivity (Wildman–Crippen MR) is 119 cm³/mol. The van der Waals surface area contributed by atoms with Crippen LogP contribution in [0.4, 0.5) is 0 Å². The Morgan fingerprint density at radius 1 is 0.964 bits per heavy atom. The summed E-state index contributed by atoms with van der Waals surface area (Å²) in [5, 5.41) is 13.3. The first-order valence-electron chi connectivity index (χ1n) is 9.54. The van der Waals surface area contributed by atoms with E-state index >= 15 is 0 Å². The van der Waals surface area contributed by atoms with Crippen LogP contribution in [0, 0.1) is 13.8 Å². The zero-order chi connectivity index (χ0) is 19.5. The fourth-order valence-corrected chi connectivity index (χ4v) is 4.79. The van der Waals surface area contributed by atoms with Gasteiger partial charge in [0.25, 0.3) is 0 Å². The fraction of sp³-hybridized carbons (Fsp3) is 0.208. The molecule has 0 bridgehead atoms. The molecule has 0 aliphatic rings. The third-order valence-corrected chi connectivity index (χ3v) is 6.05. The first-order chi connectivity index (χ1) is 13.7. The molecule has 3 nitrogen and oxygen atoms in total. The molecule has 3 aromatic carbocycles. The Morgan fingerprint density at radius 2 is 1.75 bits per heavy atom. The molecule has 1 aromatic heterocycles. The molecule has 0 fully saturated rings. The Balaban J connectivity index is 1.74. The van der Waals surface area contributed by atoms with Crippen LogP contribution in [0.5, 0.6) is 0 Å². The second kappa shape index (κ2) is 8.23. The molecule has 4 aromatic rings. The van der Waals surface area contributed by atoms with E-state index in [0.29, 0.717) is 6.54 Å². The van der Waals surface area contributed by atoms with Crippen LogP contribution in [0.15, 0.2) is 60.7 Å². The van der Waals surface area contributed by atoms with Crippen molar-refractivity contribution in [3.05, 3.63) is 77.4 Å². The van der Waals surface area contributed by atoms with Gasteiger partial charge in [-0.3, -0.25) is 0 Å². The lowest BCUT2D eigenvalue weighted by Gasteiger charge is -2.09. The van der Waals surface area contributed by atoms with Gasteiger partial charge in [0, 0.05) is 18.7 Å². The van der Waals surface area contributed by atoms with E-state index in [4.69, 9.17) is 10.1 Å². The molecular formula is C24H24N2OS. The number of fused-ring (bicyclic) bond motifs is 1. The summed E-state index contributed by atoms with van der Waals surface area (Å²) in [5.74, 6) is 0. The SMILES string of the molecule is Cc1c(-c2ccccc2)cccc1-c1nc2c(C)cc(CNCCO)cc2s1. The summed E-state index contributed by atoms with van der Waals surface area (Å²) in [5.41, 5.74) is 8.44. The minimum absolute atomic E-state index is 0.156. The molecule has 28 heavy (non-hydrogen) atoms. The van der Waals surface area contributed by atoms with Crippen molar-refractivity contribution in [2.24, 2.45) is 0 Å². The number of hydrogen-bond acceptors (Lipinski definition) is 4. The van der Waals surface area contributed by atoms with E-state index < -0.39 is 0 Å². The molecule has 0 radical (unpaired) electrons. The summed E-state index contributed by atoms with van der Waals surface area (Å²) in [6.45, 7) is 5.82. The van der Waals surface area contributed by atoms with Crippen molar-refractivity contribution in [2.75, 3.05) is 13.2 Å². The van der Waals surface area contributed by atoms with Gasteiger partial charge in [-0.1, -0.05) is 54.6 Å².